The maximum Gasteiger partial charge on any atom is 0.345 e. The second kappa shape index (κ2) is 14.5. The summed E-state index contributed by atoms with van der Waals surface area (Å²) in [5.74, 6) is -0.415. The number of amides is 3. The Labute approximate surface area is 236 Å². The van der Waals surface area contributed by atoms with E-state index in [4.69, 9.17) is 4.74 Å². The van der Waals surface area contributed by atoms with E-state index in [0.717, 1.165) is 36.3 Å². The van der Waals surface area contributed by atoms with E-state index in [1.807, 2.05) is 24.3 Å². The topological polar surface area (TPSA) is 114 Å². The summed E-state index contributed by atoms with van der Waals surface area (Å²) >= 11 is 0. The maximum atomic E-state index is 12.9. The van der Waals surface area contributed by atoms with Crippen LogP contribution >= 0.6 is 0 Å². The fourth-order valence-corrected chi connectivity index (χ4v) is 4.35. The number of nitrogens with one attached hydrogen (secondary N) is 2. The van der Waals surface area contributed by atoms with Gasteiger partial charge in [-0.25, -0.2) is 9.86 Å². The molecule has 2 atom stereocenters. The smallest absolute Gasteiger partial charge is 0.345 e. The summed E-state index contributed by atoms with van der Waals surface area (Å²) in [4.78, 5) is 27.6. The van der Waals surface area contributed by atoms with E-state index in [-0.39, 0.29) is 14.0 Å². The van der Waals surface area contributed by atoms with Crippen molar-refractivity contribution in [2.45, 2.75) is 39.8 Å². The zero-order valence-corrected chi connectivity index (χ0v) is 22.3. The molecule has 1 aliphatic heterocycles. The minimum atomic E-state index is -1.01. The minimum Gasteiger partial charge on any atom is -0.391 e. The number of ether oxygens (including phenoxy) is 1. The van der Waals surface area contributed by atoms with Crippen LogP contribution in [-0.2, 0) is 11.2 Å². The number of morpholine rings is 1. The molecule has 1 aliphatic rings. The van der Waals surface area contributed by atoms with Gasteiger partial charge in [0.25, 0.3) is 5.91 Å². The Morgan fingerprint density at radius 2 is 1.52 bits per heavy atom. The molecule has 1 heterocycles. The van der Waals surface area contributed by atoms with Gasteiger partial charge >= 0.3 is 6.03 Å². The highest BCUT2D eigenvalue weighted by Gasteiger charge is 2.24. The number of carbonyl (C=O) groups excluding carboxylic acids is 2. The summed E-state index contributed by atoms with van der Waals surface area (Å²) in [6.07, 6.45) is -0.0419. The number of hydrogen-bond acceptors (Lipinski definition) is 6. The van der Waals surface area contributed by atoms with Crippen molar-refractivity contribution in [3.05, 3.63) is 83.9 Å². The van der Waals surface area contributed by atoms with E-state index < -0.39 is 24.1 Å². The quantitative estimate of drug-likeness (QED) is 0.226. The number of benzene rings is 3. The molecule has 3 aromatic carbocycles. The zero-order chi connectivity index (χ0) is 27.8. The standard InChI is InChI=1S/C30H36N4O5.CH4/c1-3-22-4-6-23(7-5-22)24-8-10-25(11-9-24)29(36)32-28(21(2)35)20-34(38)30(37)31-26-12-14-27(15-13-26)33-16-18-39-19-17-33;/h4-15,21,28,35,38H,3,16-20H2,1-2H3,(H,31,37)(H,32,36);1H4/t21-,28-;/m1./s1. The number of aliphatic hydroxyl groups excluding tert-OH is 1. The van der Waals surface area contributed by atoms with Crippen molar-refractivity contribution in [2.24, 2.45) is 0 Å². The molecule has 1 saturated heterocycles. The van der Waals surface area contributed by atoms with E-state index in [0.29, 0.717) is 29.5 Å². The molecule has 4 N–H and O–H groups in total. The average Bonchev–Trinajstić information content (AvgIpc) is 2.97. The third kappa shape index (κ3) is 8.05. The third-order valence-electron chi connectivity index (χ3n) is 6.84. The van der Waals surface area contributed by atoms with Crippen LogP contribution in [-0.4, -0.2) is 72.3 Å². The molecule has 3 aromatic rings. The van der Waals surface area contributed by atoms with Crippen LogP contribution in [0.3, 0.4) is 0 Å². The van der Waals surface area contributed by atoms with Crippen molar-refractivity contribution >= 4 is 23.3 Å². The van der Waals surface area contributed by atoms with E-state index in [2.05, 4.69) is 46.7 Å². The van der Waals surface area contributed by atoms with Crippen molar-refractivity contribution in [3.63, 3.8) is 0 Å². The Hall–Kier alpha value is -3.92. The highest BCUT2D eigenvalue weighted by molar-refractivity contribution is 5.95. The number of anilines is 2. The number of urea groups is 1. The van der Waals surface area contributed by atoms with Gasteiger partial charge in [0.2, 0.25) is 0 Å². The molecule has 0 bridgehead atoms. The molecule has 9 nitrogen and oxygen atoms in total. The molecular formula is C31H40N4O5. The monoisotopic (exact) mass is 548 g/mol. The molecule has 4 rings (SSSR count). The fourth-order valence-electron chi connectivity index (χ4n) is 4.35. The summed E-state index contributed by atoms with van der Waals surface area (Å²) < 4.78 is 5.37. The largest absolute Gasteiger partial charge is 0.391 e. The van der Waals surface area contributed by atoms with Crippen LogP contribution < -0.4 is 15.5 Å². The van der Waals surface area contributed by atoms with Gasteiger partial charge in [0.15, 0.2) is 0 Å². The Morgan fingerprint density at radius 1 is 0.950 bits per heavy atom. The number of rotatable bonds is 9. The van der Waals surface area contributed by atoms with Crippen molar-refractivity contribution in [2.75, 3.05) is 43.1 Å². The van der Waals surface area contributed by atoms with Crippen molar-refractivity contribution < 1.29 is 24.6 Å². The molecule has 0 unspecified atom stereocenters. The summed E-state index contributed by atoms with van der Waals surface area (Å²) in [6, 6.07) is 21.1. The van der Waals surface area contributed by atoms with Gasteiger partial charge in [-0.1, -0.05) is 50.7 Å². The number of aliphatic hydroxyl groups is 1. The van der Waals surface area contributed by atoms with Crippen LogP contribution in [0.25, 0.3) is 11.1 Å². The summed E-state index contributed by atoms with van der Waals surface area (Å²) in [6.45, 7) is 6.26. The van der Waals surface area contributed by atoms with Crippen LogP contribution in [0.1, 0.15) is 37.2 Å². The lowest BCUT2D eigenvalue weighted by molar-refractivity contribution is -0.0526. The molecule has 40 heavy (non-hydrogen) atoms. The predicted molar refractivity (Wildman–Crippen MR) is 158 cm³/mol. The maximum absolute atomic E-state index is 12.9. The second-order valence-corrected chi connectivity index (χ2v) is 9.61. The highest BCUT2D eigenvalue weighted by atomic mass is 16.5. The van der Waals surface area contributed by atoms with Crippen LogP contribution in [0.15, 0.2) is 72.8 Å². The van der Waals surface area contributed by atoms with Gasteiger partial charge in [-0.2, -0.15) is 0 Å². The predicted octanol–water partition coefficient (Wildman–Crippen LogP) is 4.79. The Bertz CT molecular complexity index is 1220. The molecule has 1 fully saturated rings. The molecule has 214 valence electrons. The zero-order valence-electron chi connectivity index (χ0n) is 22.3. The number of hydroxylamine groups is 2. The number of aryl methyl sites for hydroxylation is 1. The summed E-state index contributed by atoms with van der Waals surface area (Å²) in [5, 5.41) is 26.4. The molecule has 0 spiro atoms. The minimum absolute atomic E-state index is 0. The molecule has 3 amide bonds. The molecule has 0 aromatic heterocycles. The summed E-state index contributed by atoms with van der Waals surface area (Å²) in [5.41, 5.74) is 5.24. The van der Waals surface area contributed by atoms with Crippen LogP contribution in [0.2, 0.25) is 0 Å². The molecule has 9 heteroatoms. The van der Waals surface area contributed by atoms with E-state index in [9.17, 15) is 19.9 Å². The van der Waals surface area contributed by atoms with Crippen LogP contribution in [0.4, 0.5) is 16.2 Å². The van der Waals surface area contributed by atoms with Gasteiger partial charge in [-0.15, -0.1) is 0 Å². The van der Waals surface area contributed by atoms with Gasteiger partial charge in [0.05, 0.1) is 31.9 Å². The second-order valence-electron chi connectivity index (χ2n) is 9.61. The SMILES string of the molecule is C.CCc1ccc(-c2ccc(C(=O)N[C@H](CN(O)C(=O)Nc3ccc(N4CCOCC4)cc3)[C@@H](C)O)cc2)cc1. The molecule has 0 aliphatic carbocycles. The van der Waals surface area contributed by atoms with Crippen molar-refractivity contribution in [1.82, 2.24) is 10.4 Å². The molecule has 0 radical (unpaired) electrons. The lowest BCUT2D eigenvalue weighted by Crippen LogP contribution is -2.50. The third-order valence-corrected chi connectivity index (χ3v) is 6.84. The molecule has 0 saturated carbocycles. The van der Waals surface area contributed by atoms with Gasteiger partial charge in [-0.3, -0.25) is 10.0 Å². The lowest BCUT2D eigenvalue weighted by atomic mass is 10.0. The fraction of sp³-hybridized carbons (Fsp3) is 0.355. The number of carbonyl (C=O) groups is 2. The average molecular weight is 549 g/mol. The number of nitrogens with zero attached hydrogens (tertiary/aromatic N) is 2. The van der Waals surface area contributed by atoms with Crippen LogP contribution in [0, 0.1) is 0 Å². The normalized spacial score (nSPS) is 14.4. The highest BCUT2D eigenvalue weighted by Crippen LogP contribution is 2.21. The lowest BCUT2D eigenvalue weighted by Gasteiger charge is -2.29. The Kier molecular flexibility index (Phi) is 11.1. The van der Waals surface area contributed by atoms with Gasteiger partial charge in [0, 0.05) is 30.0 Å². The number of hydrogen-bond donors (Lipinski definition) is 4. The van der Waals surface area contributed by atoms with Gasteiger partial charge < -0.3 is 25.4 Å². The van der Waals surface area contributed by atoms with Crippen molar-refractivity contribution in [3.8, 4) is 11.1 Å². The first-order chi connectivity index (χ1) is 18.8. The van der Waals surface area contributed by atoms with Gasteiger partial charge in [0.1, 0.15) is 0 Å². The first-order valence-corrected chi connectivity index (χ1v) is 13.2. The van der Waals surface area contributed by atoms with Crippen LogP contribution in [0.5, 0.6) is 0 Å². The van der Waals surface area contributed by atoms with Crippen molar-refractivity contribution in [1.29, 1.82) is 0 Å². The first-order valence-electron chi connectivity index (χ1n) is 13.2. The van der Waals surface area contributed by atoms with E-state index in [1.54, 1.807) is 24.3 Å². The van der Waals surface area contributed by atoms with Gasteiger partial charge in [-0.05, 0) is 66.4 Å². The van der Waals surface area contributed by atoms with E-state index >= 15 is 0 Å². The molecular weight excluding hydrogens is 508 g/mol. The first kappa shape index (κ1) is 30.6. The summed E-state index contributed by atoms with van der Waals surface area (Å²) in [7, 11) is 0. The Balaban J connectivity index is 0.00000441. The van der Waals surface area contributed by atoms with E-state index in [1.165, 1.54) is 12.5 Å². The Morgan fingerprint density at radius 3 is 2.08 bits per heavy atom.